The second-order valence-corrected chi connectivity index (χ2v) is 7.36. The van der Waals surface area contributed by atoms with Crippen molar-refractivity contribution < 1.29 is 18.7 Å². The average Bonchev–Trinajstić information content (AvgIpc) is 2.74. The lowest BCUT2D eigenvalue weighted by Gasteiger charge is -2.08. The number of likely N-dealkylation sites (N-methyl/N-ethyl adjacent to an activating group) is 1. The highest BCUT2D eigenvalue weighted by molar-refractivity contribution is 6.05. The molecule has 0 unspecified atom stereocenters. The molecule has 3 aromatic rings. The van der Waals surface area contributed by atoms with Crippen LogP contribution < -0.4 is 10.7 Å². The second-order valence-electron chi connectivity index (χ2n) is 7.36. The number of benzene rings is 2. The number of carbonyl (C=O) groups is 2. The Hall–Kier alpha value is -3.71. The Kier molecular flexibility index (Phi) is 6.99. The molecule has 0 saturated carbocycles. The normalized spacial score (nSPS) is 11.2. The molecule has 0 bridgehead atoms. The van der Waals surface area contributed by atoms with Crippen LogP contribution in [0.15, 0.2) is 64.0 Å². The molecule has 0 aliphatic heterocycles. The van der Waals surface area contributed by atoms with E-state index >= 15 is 0 Å². The summed E-state index contributed by atoms with van der Waals surface area (Å²) in [5.74, 6) is -1.02. The highest BCUT2D eigenvalue weighted by Crippen LogP contribution is 2.16. The fourth-order valence-electron chi connectivity index (χ4n) is 2.79. The second kappa shape index (κ2) is 9.86. The number of rotatable bonds is 7. The highest BCUT2D eigenvalue weighted by atomic mass is 16.5. The van der Waals surface area contributed by atoms with Crippen LogP contribution in [0.5, 0.6) is 0 Å². The standard InChI is InChI=1S/C24H24N2O5/c1-16-4-8-18(9-5-16)25-24(29)20-15-31-21-10-6-17(14-19(21)23(20)28)7-11-22(27)30-13-12-26(2)3/h4-11,14-15H,12-13H2,1-3H3,(H,25,29)/b11-7+. The molecule has 3 rings (SSSR count). The number of esters is 1. The van der Waals surface area contributed by atoms with Crippen molar-refractivity contribution in [2.24, 2.45) is 0 Å². The Balaban J connectivity index is 1.78. The molecule has 0 spiro atoms. The van der Waals surface area contributed by atoms with Crippen molar-refractivity contribution in [3.8, 4) is 0 Å². The van der Waals surface area contributed by atoms with E-state index in [2.05, 4.69) is 5.32 Å². The average molecular weight is 420 g/mol. The number of hydrogen-bond acceptors (Lipinski definition) is 6. The quantitative estimate of drug-likeness (QED) is 0.465. The summed E-state index contributed by atoms with van der Waals surface area (Å²) in [4.78, 5) is 39.1. The largest absolute Gasteiger partial charge is 0.463 e. The van der Waals surface area contributed by atoms with Crippen LogP contribution >= 0.6 is 0 Å². The van der Waals surface area contributed by atoms with Gasteiger partial charge in [-0.25, -0.2) is 4.79 Å². The number of nitrogens with one attached hydrogen (secondary N) is 1. The minimum absolute atomic E-state index is 0.0997. The molecule has 0 aliphatic carbocycles. The fraction of sp³-hybridized carbons (Fsp3) is 0.208. The summed E-state index contributed by atoms with van der Waals surface area (Å²) >= 11 is 0. The van der Waals surface area contributed by atoms with E-state index in [1.165, 1.54) is 6.08 Å². The maximum absolute atomic E-state index is 12.9. The molecule has 1 amide bonds. The topological polar surface area (TPSA) is 88.8 Å². The van der Waals surface area contributed by atoms with Crippen molar-refractivity contribution in [1.29, 1.82) is 0 Å². The molecule has 1 N–H and O–H groups in total. The van der Waals surface area contributed by atoms with Crippen LogP contribution in [0.4, 0.5) is 5.69 Å². The monoisotopic (exact) mass is 420 g/mol. The van der Waals surface area contributed by atoms with E-state index in [1.807, 2.05) is 38.1 Å². The third kappa shape index (κ3) is 5.90. The van der Waals surface area contributed by atoms with Crippen LogP contribution in [-0.2, 0) is 9.53 Å². The van der Waals surface area contributed by atoms with Gasteiger partial charge in [0.2, 0.25) is 5.43 Å². The van der Waals surface area contributed by atoms with Crippen LogP contribution in [0.3, 0.4) is 0 Å². The van der Waals surface area contributed by atoms with Crippen LogP contribution in [0.1, 0.15) is 21.5 Å². The lowest BCUT2D eigenvalue weighted by molar-refractivity contribution is -0.137. The van der Waals surface area contributed by atoms with Gasteiger partial charge in [-0.1, -0.05) is 23.8 Å². The molecular weight excluding hydrogens is 396 g/mol. The number of carbonyl (C=O) groups excluding carboxylic acids is 2. The highest BCUT2D eigenvalue weighted by Gasteiger charge is 2.15. The minimum atomic E-state index is -0.551. The molecule has 7 heteroatoms. The Bertz CT molecular complexity index is 1180. The van der Waals surface area contributed by atoms with Gasteiger partial charge in [-0.15, -0.1) is 0 Å². The molecule has 0 radical (unpaired) electrons. The zero-order valence-electron chi connectivity index (χ0n) is 17.7. The van der Waals surface area contributed by atoms with E-state index in [0.717, 1.165) is 11.8 Å². The van der Waals surface area contributed by atoms with Gasteiger partial charge in [-0.2, -0.15) is 0 Å². The number of amides is 1. The molecule has 160 valence electrons. The molecule has 0 atom stereocenters. The Morgan fingerprint density at radius 3 is 2.58 bits per heavy atom. The van der Waals surface area contributed by atoms with Gasteiger partial charge >= 0.3 is 5.97 Å². The van der Waals surface area contributed by atoms with Crippen LogP contribution in [-0.4, -0.2) is 44.0 Å². The fourth-order valence-corrected chi connectivity index (χ4v) is 2.79. The van der Waals surface area contributed by atoms with Crippen LogP contribution in [0, 0.1) is 6.92 Å². The van der Waals surface area contributed by atoms with Crippen LogP contribution in [0.2, 0.25) is 0 Å². The molecular formula is C24H24N2O5. The maximum Gasteiger partial charge on any atom is 0.330 e. The van der Waals surface area contributed by atoms with E-state index in [9.17, 15) is 14.4 Å². The van der Waals surface area contributed by atoms with Gasteiger partial charge in [0.1, 0.15) is 24.0 Å². The number of fused-ring (bicyclic) bond motifs is 1. The zero-order valence-corrected chi connectivity index (χ0v) is 17.7. The molecule has 2 aromatic carbocycles. The summed E-state index contributed by atoms with van der Waals surface area (Å²) in [6.45, 7) is 2.86. The molecule has 0 saturated heterocycles. The van der Waals surface area contributed by atoms with Crippen LogP contribution in [0.25, 0.3) is 17.0 Å². The first-order chi connectivity index (χ1) is 14.8. The van der Waals surface area contributed by atoms with E-state index in [-0.39, 0.29) is 17.6 Å². The van der Waals surface area contributed by atoms with Gasteiger partial charge in [0.05, 0.1) is 5.39 Å². The van der Waals surface area contributed by atoms with Crippen molar-refractivity contribution in [1.82, 2.24) is 4.90 Å². The van der Waals surface area contributed by atoms with E-state index in [4.69, 9.17) is 9.15 Å². The van der Waals surface area contributed by atoms with E-state index in [1.54, 1.807) is 36.4 Å². The van der Waals surface area contributed by atoms with Gasteiger partial charge in [0.15, 0.2) is 0 Å². The number of ether oxygens (including phenoxy) is 1. The zero-order chi connectivity index (χ0) is 22.4. The minimum Gasteiger partial charge on any atom is -0.463 e. The predicted molar refractivity (Wildman–Crippen MR) is 120 cm³/mol. The first-order valence-electron chi connectivity index (χ1n) is 9.76. The predicted octanol–water partition coefficient (Wildman–Crippen LogP) is 3.47. The van der Waals surface area contributed by atoms with Gasteiger partial charge in [-0.05, 0) is 56.9 Å². The summed E-state index contributed by atoms with van der Waals surface area (Å²) in [6.07, 6.45) is 4.01. The number of hydrogen-bond donors (Lipinski definition) is 1. The summed E-state index contributed by atoms with van der Waals surface area (Å²) in [5.41, 5.74) is 2.06. The van der Waals surface area contributed by atoms with Crippen molar-refractivity contribution >= 4 is 34.6 Å². The third-order valence-electron chi connectivity index (χ3n) is 4.55. The summed E-state index contributed by atoms with van der Waals surface area (Å²) in [5, 5.41) is 2.95. The lowest BCUT2D eigenvalue weighted by atomic mass is 10.1. The lowest BCUT2D eigenvalue weighted by Crippen LogP contribution is -2.21. The SMILES string of the molecule is Cc1ccc(NC(=O)c2coc3ccc(/C=C/C(=O)OCCN(C)C)cc3c2=O)cc1. The third-order valence-corrected chi connectivity index (χ3v) is 4.55. The summed E-state index contributed by atoms with van der Waals surface area (Å²) in [6, 6.07) is 12.2. The van der Waals surface area contributed by atoms with E-state index in [0.29, 0.717) is 23.4 Å². The van der Waals surface area contributed by atoms with Crippen molar-refractivity contribution in [2.45, 2.75) is 6.92 Å². The Morgan fingerprint density at radius 1 is 1.13 bits per heavy atom. The molecule has 31 heavy (non-hydrogen) atoms. The van der Waals surface area contributed by atoms with Crippen molar-refractivity contribution in [3.63, 3.8) is 0 Å². The van der Waals surface area contributed by atoms with Gasteiger partial charge in [0.25, 0.3) is 5.91 Å². The Labute approximate surface area is 179 Å². The smallest absolute Gasteiger partial charge is 0.330 e. The first kappa shape index (κ1) is 22.0. The maximum atomic E-state index is 12.9. The van der Waals surface area contributed by atoms with Gasteiger partial charge in [0, 0.05) is 18.3 Å². The van der Waals surface area contributed by atoms with Gasteiger partial charge in [-0.3, -0.25) is 9.59 Å². The Morgan fingerprint density at radius 2 is 1.87 bits per heavy atom. The summed E-state index contributed by atoms with van der Waals surface area (Å²) < 4.78 is 10.6. The number of nitrogens with zero attached hydrogens (tertiary/aromatic N) is 1. The number of aryl methyl sites for hydroxylation is 1. The molecule has 7 nitrogen and oxygen atoms in total. The van der Waals surface area contributed by atoms with Gasteiger partial charge < -0.3 is 19.4 Å². The van der Waals surface area contributed by atoms with Crippen molar-refractivity contribution in [3.05, 3.63) is 81.7 Å². The number of anilines is 1. The van der Waals surface area contributed by atoms with Crippen molar-refractivity contribution in [2.75, 3.05) is 32.6 Å². The molecule has 1 aromatic heterocycles. The molecule has 1 heterocycles. The molecule has 0 fully saturated rings. The summed E-state index contributed by atoms with van der Waals surface area (Å²) in [7, 11) is 3.78. The first-order valence-corrected chi connectivity index (χ1v) is 9.76. The molecule has 0 aliphatic rings. The van der Waals surface area contributed by atoms with E-state index < -0.39 is 17.3 Å².